The normalized spacial score (nSPS) is 23.6. The van der Waals surface area contributed by atoms with Crippen LogP contribution >= 0.6 is 0 Å². The van der Waals surface area contributed by atoms with E-state index in [1.807, 2.05) is 0 Å². The van der Waals surface area contributed by atoms with E-state index in [2.05, 4.69) is 17.6 Å². The highest BCUT2D eigenvalue weighted by Crippen LogP contribution is 2.27. The molecule has 0 aliphatic heterocycles. The molecule has 2 unspecified atom stereocenters. The minimum absolute atomic E-state index is 0.413. The molecule has 0 bridgehead atoms. The second-order valence-electron chi connectivity index (χ2n) is 5.55. The number of urea groups is 1. The molecular weight excluding hydrogens is 262 g/mol. The summed E-state index contributed by atoms with van der Waals surface area (Å²) in [7, 11) is 0. The SMILES string of the molecule is CC1CCCC(CNC(=O)N[C@H](CC(N)=O)C(=O)O)C1. The molecule has 0 spiro atoms. The van der Waals surface area contributed by atoms with Crippen molar-refractivity contribution in [1.82, 2.24) is 10.6 Å². The molecule has 1 aliphatic rings. The molecule has 0 radical (unpaired) electrons. The maximum absolute atomic E-state index is 11.6. The highest BCUT2D eigenvalue weighted by molar-refractivity contribution is 5.87. The van der Waals surface area contributed by atoms with Crippen molar-refractivity contribution in [3.8, 4) is 0 Å². The second-order valence-corrected chi connectivity index (χ2v) is 5.55. The lowest BCUT2D eigenvalue weighted by Crippen LogP contribution is -2.48. The van der Waals surface area contributed by atoms with Gasteiger partial charge in [-0.05, 0) is 24.7 Å². The number of aliphatic carboxylic acids is 1. The Morgan fingerprint density at radius 3 is 2.60 bits per heavy atom. The van der Waals surface area contributed by atoms with Crippen LogP contribution in [0.2, 0.25) is 0 Å². The number of nitrogens with one attached hydrogen (secondary N) is 2. The van der Waals surface area contributed by atoms with Gasteiger partial charge in [-0.25, -0.2) is 9.59 Å². The largest absolute Gasteiger partial charge is 0.480 e. The van der Waals surface area contributed by atoms with Gasteiger partial charge in [0.2, 0.25) is 5.91 Å². The van der Waals surface area contributed by atoms with Gasteiger partial charge in [0.25, 0.3) is 0 Å². The van der Waals surface area contributed by atoms with Crippen molar-refractivity contribution in [3.05, 3.63) is 0 Å². The van der Waals surface area contributed by atoms with Crippen LogP contribution < -0.4 is 16.4 Å². The number of nitrogens with two attached hydrogens (primary N) is 1. The van der Waals surface area contributed by atoms with Crippen LogP contribution in [0.15, 0.2) is 0 Å². The predicted octanol–water partition coefficient (Wildman–Crippen LogP) is 0.441. The van der Waals surface area contributed by atoms with E-state index in [0.717, 1.165) is 19.3 Å². The summed E-state index contributed by atoms with van der Waals surface area (Å²) in [6.07, 6.45) is 4.12. The lowest BCUT2D eigenvalue weighted by Gasteiger charge is -2.27. The number of carboxylic acids is 1. The molecule has 3 amide bonds. The van der Waals surface area contributed by atoms with E-state index in [9.17, 15) is 14.4 Å². The van der Waals surface area contributed by atoms with Crippen molar-refractivity contribution in [1.29, 1.82) is 0 Å². The minimum atomic E-state index is -1.28. The fourth-order valence-corrected chi connectivity index (χ4v) is 2.59. The Morgan fingerprint density at radius 1 is 1.35 bits per heavy atom. The van der Waals surface area contributed by atoms with Crippen molar-refractivity contribution in [2.24, 2.45) is 17.6 Å². The number of hydrogen-bond acceptors (Lipinski definition) is 3. The second kappa shape index (κ2) is 7.72. The number of rotatable bonds is 6. The lowest BCUT2D eigenvalue weighted by molar-refractivity contribution is -0.140. The summed E-state index contributed by atoms with van der Waals surface area (Å²) in [5, 5.41) is 13.8. The van der Waals surface area contributed by atoms with Crippen molar-refractivity contribution in [2.75, 3.05) is 6.54 Å². The van der Waals surface area contributed by atoms with Crippen molar-refractivity contribution in [3.63, 3.8) is 0 Å². The summed E-state index contributed by atoms with van der Waals surface area (Å²) in [5.74, 6) is -0.937. The van der Waals surface area contributed by atoms with Gasteiger partial charge >= 0.3 is 12.0 Å². The van der Waals surface area contributed by atoms with E-state index in [0.29, 0.717) is 18.4 Å². The summed E-state index contributed by atoms with van der Waals surface area (Å²) in [4.78, 5) is 33.2. The molecule has 0 aromatic heterocycles. The number of carboxylic acid groups (broad SMARTS) is 1. The number of carbonyl (C=O) groups is 3. The number of amides is 3. The average molecular weight is 285 g/mol. The Balaban J connectivity index is 2.34. The highest BCUT2D eigenvalue weighted by Gasteiger charge is 2.23. The molecule has 7 nitrogen and oxygen atoms in total. The zero-order valence-electron chi connectivity index (χ0n) is 11.7. The van der Waals surface area contributed by atoms with E-state index >= 15 is 0 Å². The van der Waals surface area contributed by atoms with Crippen molar-refractivity contribution in [2.45, 2.75) is 45.1 Å². The molecule has 1 rings (SSSR count). The Labute approximate surface area is 118 Å². The van der Waals surface area contributed by atoms with Crippen LogP contribution in [0, 0.1) is 11.8 Å². The smallest absolute Gasteiger partial charge is 0.326 e. The van der Waals surface area contributed by atoms with Crippen LogP contribution in [0.5, 0.6) is 0 Å². The van der Waals surface area contributed by atoms with Crippen LogP contribution in [-0.4, -0.2) is 35.6 Å². The Hall–Kier alpha value is -1.79. The molecule has 5 N–H and O–H groups in total. The van der Waals surface area contributed by atoms with Crippen molar-refractivity contribution >= 4 is 17.9 Å². The fourth-order valence-electron chi connectivity index (χ4n) is 2.59. The third kappa shape index (κ3) is 5.90. The first-order valence-corrected chi connectivity index (χ1v) is 6.94. The topological polar surface area (TPSA) is 122 Å². The first-order valence-electron chi connectivity index (χ1n) is 6.94. The molecule has 0 aromatic rings. The minimum Gasteiger partial charge on any atom is -0.480 e. The molecule has 0 aromatic carbocycles. The van der Waals surface area contributed by atoms with Gasteiger partial charge in [0.15, 0.2) is 0 Å². The van der Waals surface area contributed by atoms with Crippen molar-refractivity contribution < 1.29 is 19.5 Å². The summed E-state index contributed by atoms with van der Waals surface area (Å²) >= 11 is 0. The fraction of sp³-hybridized carbons (Fsp3) is 0.769. The number of carbonyl (C=O) groups excluding carboxylic acids is 2. The Morgan fingerprint density at radius 2 is 2.05 bits per heavy atom. The van der Waals surface area contributed by atoms with Crippen LogP contribution in [0.1, 0.15) is 39.0 Å². The molecule has 7 heteroatoms. The lowest BCUT2D eigenvalue weighted by atomic mass is 9.82. The highest BCUT2D eigenvalue weighted by atomic mass is 16.4. The molecule has 114 valence electrons. The quantitative estimate of drug-likeness (QED) is 0.565. The number of primary amides is 1. The molecular formula is C13H23N3O4. The summed E-state index contributed by atoms with van der Waals surface area (Å²) in [5.41, 5.74) is 4.94. The molecule has 3 atom stereocenters. The first kappa shape index (κ1) is 16.3. The zero-order chi connectivity index (χ0) is 15.1. The first-order chi connectivity index (χ1) is 9.38. The zero-order valence-corrected chi connectivity index (χ0v) is 11.7. The van der Waals surface area contributed by atoms with Gasteiger partial charge in [-0.15, -0.1) is 0 Å². The molecule has 1 fully saturated rings. The molecule has 1 aliphatic carbocycles. The molecule has 20 heavy (non-hydrogen) atoms. The van der Waals surface area contributed by atoms with Gasteiger partial charge in [0.1, 0.15) is 6.04 Å². The standard InChI is InChI=1S/C13H23N3O4/c1-8-3-2-4-9(5-8)7-15-13(20)16-10(12(18)19)6-11(14)17/h8-10H,2-7H2,1H3,(H2,14,17)(H,18,19)(H2,15,16,20)/t8?,9?,10-/m1/s1. The van der Waals surface area contributed by atoms with E-state index in [-0.39, 0.29) is 0 Å². The molecule has 0 saturated heterocycles. The maximum Gasteiger partial charge on any atom is 0.326 e. The third-order valence-electron chi connectivity index (χ3n) is 3.61. The predicted molar refractivity (Wildman–Crippen MR) is 72.9 cm³/mol. The van der Waals surface area contributed by atoms with Gasteiger partial charge < -0.3 is 21.5 Å². The molecule has 1 saturated carbocycles. The van der Waals surface area contributed by atoms with Crippen LogP contribution in [0.3, 0.4) is 0 Å². The third-order valence-corrected chi connectivity index (χ3v) is 3.61. The summed E-state index contributed by atoms with van der Waals surface area (Å²) in [6.45, 7) is 2.72. The van der Waals surface area contributed by atoms with Gasteiger partial charge in [0, 0.05) is 6.54 Å². The van der Waals surface area contributed by atoms with E-state index in [1.54, 1.807) is 0 Å². The van der Waals surface area contributed by atoms with E-state index in [1.165, 1.54) is 6.42 Å². The van der Waals surface area contributed by atoms with Gasteiger partial charge in [0.05, 0.1) is 6.42 Å². The van der Waals surface area contributed by atoms with Crippen LogP contribution in [0.4, 0.5) is 4.79 Å². The average Bonchev–Trinajstić information content (AvgIpc) is 2.35. The van der Waals surface area contributed by atoms with Gasteiger partial charge in [-0.1, -0.05) is 19.8 Å². The van der Waals surface area contributed by atoms with Crippen LogP contribution in [0.25, 0.3) is 0 Å². The number of hydrogen-bond donors (Lipinski definition) is 4. The van der Waals surface area contributed by atoms with E-state index < -0.39 is 30.4 Å². The maximum atomic E-state index is 11.6. The summed E-state index contributed by atoms with van der Waals surface area (Å²) < 4.78 is 0. The summed E-state index contributed by atoms with van der Waals surface area (Å²) in [6, 6.07) is -1.85. The van der Waals surface area contributed by atoms with Gasteiger partial charge in [-0.2, -0.15) is 0 Å². The Bertz CT molecular complexity index is 373. The monoisotopic (exact) mass is 285 g/mol. The van der Waals surface area contributed by atoms with Crippen LogP contribution in [-0.2, 0) is 9.59 Å². The van der Waals surface area contributed by atoms with Gasteiger partial charge in [-0.3, -0.25) is 4.79 Å². The van der Waals surface area contributed by atoms with E-state index in [4.69, 9.17) is 10.8 Å². The Kier molecular flexibility index (Phi) is 6.27. The molecule has 0 heterocycles.